The molecule has 1 aromatic carbocycles. The van der Waals surface area contributed by atoms with E-state index in [9.17, 15) is 4.79 Å². The Morgan fingerprint density at radius 3 is 2.82 bits per heavy atom. The summed E-state index contributed by atoms with van der Waals surface area (Å²) in [6.45, 7) is 5.72. The lowest BCUT2D eigenvalue weighted by Crippen LogP contribution is -2.45. The lowest BCUT2D eigenvalue weighted by Gasteiger charge is -2.34. The fraction of sp³-hybridized carbons (Fsp3) is 0.611. The van der Waals surface area contributed by atoms with Crippen LogP contribution in [0.1, 0.15) is 31.2 Å². The highest BCUT2D eigenvalue weighted by Gasteiger charge is 2.23. The summed E-state index contributed by atoms with van der Waals surface area (Å²) in [6, 6.07) is 8.98. The van der Waals surface area contributed by atoms with E-state index in [1.54, 1.807) is 0 Å². The van der Waals surface area contributed by atoms with Crippen molar-refractivity contribution in [3.8, 4) is 0 Å². The van der Waals surface area contributed by atoms with Crippen molar-refractivity contribution < 1.29 is 9.53 Å². The number of carbonyl (C=O) groups is 1. The van der Waals surface area contributed by atoms with Crippen LogP contribution in [-0.4, -0.2) is 38.3 Å². The van der Waals surface area contributed by atoms with E-state index in [1.165, 1.54) is 11.3 Å². The number of ether oxygens (including phenoxy) is 1. The fourth-order valence-electron chi connectivity index (χ4n) is 3.40. The standard InChI is InChI=1S/C18H26N2O2/c1-14-3-2-4-17(11-14)20-8-5-16(6-9-20)19-18(21)12-15-7-10-22-13-15/h2-4,11,15-16H,5-10,12-13H2,1H3,(H,19,21)/t15-/m0/s1. The number of piperidine rings is 1. The van der Waals surface area contributed by atoms with E-state index < -0.39 is 0 Å². The van der Waals surface area contributed by atoms with E-state index in [2.05, 4.69) is 41.4 Å². The Hall–Kier alpha value is -1.55. The summed E-state index contributed by atoms with van der Waals surface area (Å²) < 4.78 is 5.33. The van der Waals surface area contributed by atoms with Crippen LogP contribution in [0.2, 0.25) is 0 Å². The molecule has 3 rings (SSSR count). The monoisotopic (exact) mass is 302 g/mol. The Labute approximate surface area is 132 Å². The van der Waals surface area contributed by atoms with E-state index in [-0.39, 0.29) is 5.91 Å². The van der Waals surface area contributed by atoms with Crippen molar-refractivity contribution in [2.24, 2.45) is 5.92 Å². The highest BCUT2D eigenvalue weighted by atomic mass is 16.5. The number of anilines is 1. The summed E-state index contributed by atoms with van der Waals surface area (Å²) in [5.74, 6) is 0.622. The summed E-state index contributed by atoms with van der Waals surface area (Å²) in [4.78, 5) is 14.5. The molecule has 1 amide bonds. The smallest absolute Gasteiger partial charge is 0.220 e. The van der Waals surface area contributed by atoms with Crippen molar-refractivity contribution in [3.63, 3.8) is 0 Å². The van der Waals surface area contributed by atoms with Gasteiger partial charge in [0.1, 0.15) is 0 Å². The molecule has 0 aliphatic carbocycles. The second-order valence-corrected chi connectivity index (χ2v) is 6.60. The number of benzene rings is 1. The second kappa shape index (κ2) is 7.14. The molecule has 1 N–H and O–H groups in total. The van der Waals surface area contributed by atoms with Crippen LogP contribution < -0.4 is 10.2 Å². The van der Waals surface area contributed by atoms with Crippen molar-refractivity contribution in [3.05, 3.63) is 29.8 Å². The van der Waals surface area contributed by atoms with Crippen LogP contribution >= 0.6 is 0 Å². The number of carbonyl (C=O) groups excluding carboxylic acids is 1. The minimum atomic E-state index is 0.199. The maximum Gasteiger partial charge on any atom is 0.220 e. The molecule has 120 valence electrons. The molecule has 0 bridgehead atoms. The molecule has 1 atom stereocenters. The van der Waals surface area contributed by atoms with E-state index >= 15 is 0 Å². The number of hydrogen-bond donors (Lipinski definition) is 1. The van der Waals surface area contributed by atoms with Crippen molar-refractivity contribution >= 4 is 11.6 Å². The van der Waals surface area contributed by atoms with Gasteiger partial charge in [-0.2, -0.15) is 0 Å². The van der Waals surface area contributed by atoms with Crippen LogP contribution in [0.5, 0.6) is 0 Å². The molecule has 0 unspecified atom stereocenters. The summed E-state index contributed by atoms with van der Waals surface area (Å²) >= 11 is 0. The number of aryl methyl sites for hydroxylation is 1. The predicted molar refractivity (Wildman–Crippen MR) is 88.1 cm³/mol. The highest BCUT2D eigenvalue weighted by molar-refractivity contribution is 5.76. The van der Waals surface area contributed by atoms with Crippen molar-refractivity contribution in [1.29, 1.82) is 0 Å². The second-order valence-electron chi connectivity index (χ2n) is 6.60. The van der Waals surface area contributed by atoms with Gasteiger partial charge in [-0.25, -0.2) is 0 Å². The Morgan fingerprint density at radius 2 is 2.14 bits per heavy atom. The first-order valence-electron chi connectivity index (χ1n) is 8.39. The SMILES string of the molecule is Cc1cccc(N2CCC(NC(=O)C[C@@H]3CCOC3)CC2)c1. The molecule has 0 radical (unpaired) electrons. The third kappa shape index (κ3) is 4.01. The maximum absolute atomic E-state index is 12.1. The normalized spacial score (nSPS) is 22.8. The quantitative estimate of drug-likeness (QED) is 0.929. The first-order valence-corrected chi connectivity index (χ1v) is 8.39. The molecule has 0 saturated carbocycles. The molecule has 0 spiro atoms. The molecule has 4 nitrogen and oxygen atoms in total. The first kappa shape index (κ1) is 15.3. The lowest BCUT2D eigenvalue weighted by atomic mass is 10.0. The summed E-state index contributed by atoms with van der Waals surface area (Å²) in [5.41, 5.74) is 2.60. The summed E-state index contributed by atoms with van der Waals surface area (Å²) in [5, 5.41) is 3.21. The van der Waals surface area contributed by atoms with Gasteiger partial charge in [0.05, 0.1) is 0 Å². The van der Waals surface area contributed by atoms with E-state index in [0.717, 1.165) is 45.6 Å². The largest absolute Gasteiger partial charge is 0.381 e. The zero-order valence-electron chi connectivity index (χ0n) is 13.4. The van der Waals surface area contributed by atoms with E-state index in [4.69, 9.17) is 4.74 Å². The van der Waals surface area contributed by atoms with Crippen molar-refractivity contribution in [2.75, 3.05) is 31.2 Å². The fourth-order valence-corrected chi connectivity index (χ4v) is 3.40. The van der Waals surface area contributed by atoms with Gasteiger partial charge in [0, 0.05) is 44.5 Å². The molecule has 0 aromatic heterocycles. The number of amides is 1. The Kier molecular flexibility index (Phi) is 4.98. The maximum atomic E-state index is 12.1. The molecule has 2 aliphatic rings. The topological polar surface area (TPSA) is 41.6 Å². The number of hydrogen-bond acceptors (Lipinski definition) is 3. The molecule has 2 saturated heterocycles. The van der Waals surface area contributed by atoms with Crippen LogP contribution in [0.25, 0.3) is 0 Å². The van der Waals surface area contributed by atoms with Gasteiger partial charge in [0.15, 0.2) is 0 Å². The molecule has 1 aromatic rings. The van der Waals surface area contributed by atoms with Crippen molar-refractivity contribution in [2.45, 2.75) is 38.6 Å². The molecule has 4 heteroatoms. The van der Waals surface area contributed by atoms with E-state index in [0.29, 0.717) is 18.4 Å². The van der Waals surface area contributed by atoms with Gasteiger partial charge in [0.2, 0.25) is 5.91 Å². The van der Waals surface area contributed by atoms with Crippen LogP contribution in [0.3, 0.4) is 0 Å². The van der Waals surface area contributed by atoms with Crippen LogP contribution in [0.15, 0.2) is 24.3 Å². The molecule has 2 aliphatic heterocycles. The first-order chi connectivity index (χ1) is 10.7. The number of nitrogens with one attached hydrogen (secondary N) is 1. The van der Waals surface area contributed by atoms with E-state index in [1.807, 2.05) is 0 Å². The minimum absolute atomic E-state index is 0.199. The number of nitrogens with zero attached hydrogens (tertiary/aromatic N) is 1. The predicted octanol–water partition coefficient (Wildman–Crippen LogP) is 2.51. The molecule has 2 fully saturated rings. The average molecular weight is 302 g/mol. The zero-order chi connectivity index (χ0) is 15.4. The van der Waals surface area contributed by atoms with Gasteiger partial charge in [-0.1, -0.05) is 12.1 Å². The zero-order valence-corrected chi connectivity index (χ0v) is 13.4. The summed E-state index contributed by atoms with van der Waals surface area (Å²) in [6.07, 6.45) is 3.71. The van der Waals surface area contributed by atoms with Crippen LogP contribution in [0, 0.1) is 12.8 Å². The van der Waals surface area contributed by atoms with Crippen LogP contribution in [-0.2, 0) is 9.53 Å². The highest BCUT2D eigenvalue weighted by Crippen LogP contribution is 2.21. The number of rotatable bonds is 4. The molecular weight excluding hydrogens is 276 g/mol. The molecule has 22 heavy (non-hydrogen) atoms. The molecular formula is C18H26N2O2. The average Bonchev–Trinajstić information content (AvgIpc) is 3.01. The van der Waals surface area contributed by atoms with Gasteiger partial charge in [-0.05, 0) is 49.8 Å². The van der Waals surface area contributed by atoms with Crippen LogP contribution in [0.4, 0.5) is 5.69 Å². The Morgan fingerprint density at radius 1 is 1.32 bits per heavy atom. The van der Waals surface area contributed by atoms with Gasteiger partial charge >= 0.3 is 0 Å². The lowest BCUT2D eigenvalue weighted by molar-refractivity contribution is -0.122. The Bertz CT molecular complexity index is 504. The van der Waals surface area contributed by atoms with Gasteiger partial charge < -0.3 is 15.0 Å². The third-order valence-electron chi connectivity index (χ3n) is 4.72. The Balaban J connectivity index is 1.44. The third-order valence-corrected chi connectivity index (χ3v) is 4.72. The summed E-state index contributed by atoms with van der Waals surface area (Å²) in [7, 11) is 0. The van der Waals surface area contributed by atoms with Gasteiger partial charge in [0.25, 0.3) is 0 Å². The minimum Gasteiger partial charge on any atom is -0.381 e. The van der Waals surface area contributed by atoms with Gasteiger partial charge in [-0.15, -0.1) is 0 Å². The molecule has 2 heterocycles. The van der Waals surface area contributed by atoms with Crippen molar-refractivity contribution in [1.82, 2.24) is 5.32 Å². The van der Waals surface area contributed by atoms with Gasteiger partial charge in [-0.3, -0.25) is 4.79 Å².